The van der Waals surface area contributed by atoms with E-state index in [1.165, 1.54) is 4.90 Å². The molecule has 1 aromatic carbocycles. The summed E-state index contributed by atoms with van der Waals surface area (Å²) in [6.07, 6.45) is 2.42. The maximum absolute atomic E-state index is 14.3. The Kier molecular flexibility index (Phi) is 5.14. The van der Waals surface area contributed by atoms with Crippen LogP contribution in [0.2, 0.25) is 0 Å². The number of hydrogen-bond donors (Lipinski definition) is 2. The quantitative estimate of drug-likeness (QED) is 0.817. The predicted molar refractivity (Wildman–Crippen MR) is 101 cm³/mol. The van der Waals surface area contributed by atoms with Crippen molar-refractivity contribution in [3.63, 3.8) is 0 Å². The number of alkyl halides is 2. The number of fused-ring (bicyclic) bond motifs is 1. The van der Waals surface area contributed by atoms with Crippen molar-refractivity contribution in [3.8, 4) is 0 Å². The van der Waals surface area contributed by atoms with Crippen molar-refractivity contribution in [1.29, 1.82) is 0 Å². The Morgan fingerprint density at radius 1 is 1.26 bits per heavy atom. The van der Waals surface area contributed by atoms with E-state index in [-0.39, 0.29) is 31.3 Å². The minimum Gasteiger partial charge on any atom is -0.348 e. The lowest BCUT2D eigenvalue weighted by atomic mass is 9.86. The lowest BCUT2D eigenvalue weighted by Crippen LogP contribution is -2.49. The Balaban J connectivity index is 0.00000210. The number of piperidine rings is 1. The molecular weight excluding hydrogens is 378 g/mol. The number of benzene rings is 1. The standard InChI is InChI=1S/C18H20F2N4O2.ClH/c1-23-9-15(24-7-5-16(25)22-17(24)26)12-3-2-11(8-14(12)23)13-4-6-21-10-18(13,19)20;/h2-3,8-9,13,21H,4-7,10H2,1H3,(H,22,25,26);1H. The maximum atomic E-state index is 14.3. The molecule has 3 heterocycles. The van der Waals surface area contributed by atoms with Gasteiger partial charge < -0.3 is 9.88 Å². The summed E-state index contributed by atoms with van der Waals surface area (Å²) in [7, 11) is 1.82. The molecule has 2 aromatic rings. The molecule has 2 aliphatic rings. The van der Waals surface area contributed by atoms with Crippen LogP contribution < -0.4 is 15.5 Å². The summed E-state index contributed by atoms with van der Waals surface area (Å²) in [6.45, 7) is 0.562. The van der Waals surface area contributed by atoms with Gasteiger partial charge in [0.2, 0.25) is 5.91 Å². The number of nitrogens with one attached hydrogen (secondary N) is 2. The molecule has 0 bridgehead atoms. The van der Waals surface area contributed by atoms with Crippen molar-refractivity contribution in [2.75, 3.05) is 24.5 Å². The highest BCUT2D eigenvalue weighted by molar-refractivity contribution is 6.10. The minimum atomic E-state index is -2.78. The monoisotopic (exact) mass is 398 g/mol. The smallest absolute Gasteiger partial charge is 0.328 e. The van der Waals surface area contributed by atoms with Crippen LogP contribution in [-0.2, 0) is 11.8 Å². The van der Waals surface area contributed by atoms with Crippen LogP contribution in [0.5, 0.6) is 0 Å². The highest BCUT2D eigenvalue weighted by Gasteiger charge is 2.42. The molecule has 1 atom stereocenters. The van der Waals surface area contributed by atoms with E-state index in [0.717, 1.165) is 10.9 Å². The predicted octanol–water partition coefficient (Wildman–Crippen LogP) is 2.76. The normalized spacial score (nSPS) is 22.5. The fraction of sp³-hybridized carbons (Fsp3) is 0.444. The summed E-state index contributed by atoms with van der Waals surface area (Å²) in [4.78, 5) is 25.0. The molecule has 4 rings (SSSR count). The largest absolute Gasteiger partial charge is 0.348 e. The van der Waals surface area contributed by atoms with Gasteiger partial charge in [-0.05, 0) is 24.6 Å². The van der Waals surface area contributed by atoms with Gasteiger partial charge >= 0.3 is 6.03 Å². The number of urea groups is 1. The summed E-state index contributed by atoms with van der Waals surface area (Å²) < 4.78 is 30.4. The summed E-state index contributed by atoms with van der Waals surface area (Å²) in [5, 5.41) is 5.86. The van der Waals surface area contributed by atoms with Crippen molar-refractivity contribution >= 4 is 40.9 Å². The summed E-state index contributed by atoms with van der Waals surface area (Å²) in [5.41, 5.74) is 2.07. The van der Waals surface area contributed by atoms with Crippen LogP contribution >= 0.6 is 12.4 Å². The molecule has 2 saturated heterocycles. The second-order valence-electron chi connectivity index (χ2n) is 6.94. The van der Waals surface area contributed by atoms with E-state index in [1.807, 2.05) is 11.6 Å². The molecule has 0 aliphatic carbocycles. The van der Waals surface area contributed by atoms with E-state index >= 15 is 0 Å². The molecule has 0 spiro atoms. The zero-order chi connectivity index (χ0) is 18.5. The highest BCUT2D eigenvalue weighted by Crippen LogP contribution is 2.40. The number of aromatic nitrogens is 1. The first-order valence-electron chi connectivity index (χ1n) is 8.66. The molecule has 2 fully saturated rings. The molecule has 0 saturated carbocycles. The zero-order valence-electron chi connectivity index (χ0n) is 14.8. The zero-order valence-corrected chi connectivity index (χ0v) is 15.6. The van der Waals surface area contributed by atoms with E-state index in [4.69, 9.17) is 0 Å². The number of carbonyl (C=O) groups excluding carboxylic acids is 2. The maximum Gasteiger partial charge on any atom is 0.328 e. The molecule has 1 unspecified atom stereocenters. The minimum absolute atomic E-state index is 0. The first kappa shape index (κ1) is 19.6. The van der Waals surface area contributed by atoms with Crippen LogP contribution in [0.15, 0.2) is 24.4 Å². The third kappa shape index (κ3) is 3.39. The molecule has 1 aromatic heterocycles. The van der Waals surface area contributed by atoms with Crippen molar-refractivity contribution in [2.45, 2.75) is 24.7 Å². The van der Waals surface area contributed by atoms with Crippen LogP contribution in [0, 0.1) is 0 Å². The average Bonchev–Trinajstić information content (AvgIpc) is 2.91. The number of nitrogens with zero attached hydrogens (tertiary/aromatic N) is 2. The van der Waals surface area contributed by atoms with E-state index in [9.17, 15) is 18.4 Å². The second kappa shape index (κ2) is 7.09. The van der Waals surface area contributed by atoms with Gasteiger partial charge in [0.1, 0.15) is 0 Å². The van der Waals surface area contributed by atoms with Crippen LogP contribution in [0.25, 0.3) is 10.9 Å². The van der Waals surface area contributed by atoms with Gasteiger partial charge in [0.05, 0.1) is 23.7 Å². The Labute approximate surface area is 161 Å². The fourth-order valence-corrected chi connectivity index (χ4v) is 3.85. The van der Waals surface area contributed by atoms with Gasteiger partial charge in [0.25, 0.3) is 5.92 Å². The van der Waals surface area contributed by atoms with E-state index in [0.29, 0.717) is 30.8 Å². The number of rotatable bonds is 2. The number of halogens is 3. The highest BCUT2D eigenvalue weighted by atomic mass is 35.5. The van der Waals surface area contributed by atoms with Gasteiger partial charge in [-0.25, -0.2) is 13.6 Å². The third-order valence-corrected chi connectivity index (χ3v) is 5.22. The molecule has 2 N–H and O–H groups in total. The van der Waals surface area contributed by atoms with Crippen LogP contribution in [-0.4, -0.2) is 42.1 Å². The van der Waals surface area contributed by atoms with Crippen LogP contribution in [0.4, 0.5) is 19.3 Å². The van der Waals surface area contributed by atoms with Crippen molar-refractivity contribution in [3.05, 3.63) is 30.0 Å². The summed E-state index contributed by atoms with van der Waals surface area (Å²) >= 11 is 0. The van der Waals surface area contributed by atoms with Crippen molar-refractivity contribution in [1.82, 2.24) is 15.2 Å². The second-order valence-corrected chi connectivity index (χ2v) is 6.94. The van der Waals surface area contributed by atoms with Gasteiger partial charge in [-0.1, -0.05) is 12.1 Å². The molecule has 3 amide bonds. The Morgan fingerprint density at radius 2 is 2.04 bits per heavy atom. The van der Waals surface area contributed by atoms with Gasteiger partial charge in [0.15, 0.2) is 0 Å². The van der Waals surface area contributed by atoms with Crippen LogP contribution in [0.3, 0.4) is 0 Å². The lowest BCUT2D eigenvalue weighted by Gasteiger charge is -2.32. The average molecular weight is 399 g/mol. The number of aryl methyl sites for hydroxylation is 1. The molecule has 27 heavy (non-hydrogen) atoms. The lowest BCUT2D eigenvalue weighted by molar-refractivity contribution is -0.120. The third-order valence-electron chi connectivity index (χ3n) is 5.22. The topological polar surface area (TPSA) is 66.4 Å². The molecule has 9 heteroatoms. The first-order chi connectivity index (χ1) is 12.4. The van der Waals surface area contributed by atoms with Gasteiger partial charge in [-0.2, -0.15) is 0 Å². The number of hydrogen-bond acceptors (Lipinski definition) is 3. The number of imide groups is 1. The Morgan fingerprint density at radius 3 is 2.74 bits per heavy atom. The molecule has 2 aliphatic heterocycles. The van der Waals surface area contributed by atoms with E-state index in [2.05, 4.69) is 10.6 Å². The first-order valence-corrected chi connectivity index (χ1v) is 8.66. The SMILES string of the molecule is Cl.Cn1cc(N2CCC(=O)NC2=O)c2ccc(C3CCNCC3(F)F)cc21. The number of anilines is 1. The number of carbonyl (C=O) groups is 2. The Bertz CT molecular complexity index is 899. The molecule has 6 nitrogen and oxygen atoms in total. The van der Waals surface area contributed by atoms with Gasteiger partial charge in [0, 0.05) is 31.6 Å². The molecule has 0 radical (unpaired) electrons. The summed E-state index contributed by atoms with van der Waals surface area (Å²) in [5.74, 6) is -3.89. The fourth-order valence-electron chi connectivity index (χ4n) is 3.85. The summed E-state index contributed by atoms with van der Waals surface area (Å²) in [6, 6.07) is 4.85. The Hall–Kier alpha value is -2.19. The van der Waals surface area contributed by atoms with E-state index < -0.39 is 17.9 Å². The molecular formula is C18H21ClF2N4O2. The van der Waals surface area contributed by atoms with Crippen molar-refractivity contribution in [2.24, 2.45) is 7.05 Å². The number of amides is 3. The van der Waals surface area contributed by atoms with E-state index in [1.54, 1.807) is 24.4 Å². The van der Waals surface area contributed by atoms with Gasteiger partial charge in [-0.3, -0.25) is 15.0 Å². The van der Waals surface area contributed by atoms with Crippen molar-refractivity contribution < 1.29 is 18.4 Å². The van der Waals surface area contributed by atoms with Crippen LogP contribution in [0.1, 0.15) is 24.3 Å². The molecule has 146 valence electrons. The van der Waals surface area contributed by atoms with Gasteiger partial charge in [-0.15, -0.1) is 12.4 Å².